The first-order valence-electron chi connectivity index (χ1n) is 11.8. The van der Waals surface area contributed by atoms with E-state index in [2.05, 4.69) is 13.0 Å². The molecule has 0 spiro atoms. The van der Waals surface area contributed by atoms with Crippen LogP contribution in [-0.4, -0.2) is 13.0 Å². The standard InChI is InChI=1S/C26H38O4S/c1-2-3-4-5-6-7-8-9-10-11-12-13-17-23-18-14-15-21-26(23)30-24-19-16-20-25(22-24)31(27,28)29/h14-16,18-22H,2-13,17H2,1H3,(H,27,28,29). The van der Waals surface area contributed by atoms with Gasteiger partial charge in [-0.25, -0.2) is 0 Å². The number of aryl methyl sites for hydroxylation is 1. The van der Waals surface area contributed by atoms with Gasteiger partial charge in [0.1, 0.15) is 11.5 Å². The van der Waals surface area contributed by atoms with Gasteiger partial charge in [-0.1, -0.05) is 102 Å². The van der Waals surface area contributed by atoms with E-state index < -0.39 is 10.1 Å². The quantitative estimate of drug-likeness (QED) is 0.210. The third kappa shape index (κ3) is 10.3. The van der Waals surface area contributed by atoms with Gasteiger partial charge in [-0.05, 0) is 36.6 Å². The highest BCUT2D eigenvalue weighted by atomic mass is 32.2. The number of hydrogen-bond acceptors (Lipinski definition) is 3. The van der Waals surface area contributed by atoms with Gasteiger partial charge in [-0.3, -0.25) is 4.55 Å². The van der Waals surface area contributed by atoms with Crippen molar-refractivity contribution in [3.8, 4) is 11.5 Å². The van der Waals surface area contributed by atoms with Crippen LogP contribution < -0.4 is 4.74 Å². The van der Waals surface area contributed by atoms with Crippen LogP contribution in [0.2, 0.25) is 0 Å². The summed E-state index contributed by atoms with van der Waals surface area (Å²) in [5.74, 6) is 1.13. The van der Waals surface area contributed by atoms with Crippen LogP contribution in [0.25, 0.3) is 0 Å². The van der Waals surface area contributed by atoms with Gasteiger partial charge >= 0.3 is 0 Å². The lowest BCUT2D eigenvalue weighted by Gasteiger charge is -2.12. The molecule has 0 amide bonds. The van der Waals surface area contributed by atoms with Crippen molar-refractivity contribution < 1.29 is 17.7 Å². The Morgan fingerprint density at radius 2 is 1.32 bits per heavy atom. The maximum Gasteiger partial charge on any atom is 0.294 e. The molecule has 0 atom stereocenters. The zero-order valence-corrected chi connectivity index (χ0v) is 19.7. The van der Waals surface area contributed by atoms with E-state index in [9.17, 15) is 13.0 Å². The first-order chi connectivity index (χ1) is 15.0. The Morgan fingerprint density at radius 3 is 1.94 bits per heavy atom. The fourth-order valence-electron chi connectivity index (χ4n) is 3.79. The second-order valence-corrected chi connectivity index (χ2v) is 9.72. The molecule has 0 aliphatic carbocycles. The normalized spacial score (nSPS) is 11.5. The second kappa shape index (κ2) is 14.3. The van der Waals surface area contributed by atoms with Gasteiger partial charge in [0.05, 0.1) is 4.90 Å². The SMILES string of the molecule is CCCCCCCCCCCCCCc1ccccc1Oc1cccc(S(=O)(=O)O)c1. The second-order valence-electron chi connectivity index (χ2n) is 8.30. The summed E-state index contributed by atoms with van der Waals surface area (Å²) in [5, 5.41) is 0. The highest BCUT2D eigenvalue weighted by molar-refractivity contribution is 7.85. The Morgan fingerprint density at radius 1 is 0.742 bits per heavy atom. The maximum absolute atomic E-state index is 11.3. The minimum absolute atomic E-state index is 0.163. The summed E-state index contributed by atoms with van der Waals surface area (Å²) >= 11 is 0. The number of ether oxygens (including phenoxy) is 1. The summed E-state index contributed by atoms with van der Waals surface area (Å²) in [5.41, 5.74) is 1.12. The molecule has 0 saturated carbocycles. The number of para-hydroxylation sites is 1. The summed E-state index contributed by atoms with van der Waals surface area (Å²) < 4.78 is 37.8. The highest BCUT2D eigenvalue weighted by Gasteiger charge is 2.11. The molecule has 2 aromatic carbocycles. The molecule has 0 radical (unpaired) electrons. The molecule has 0 heterocycles. The molecule has 0 aliphatic rings. The Hall–Kier alpha value is -1.85. The third-order valence-corrected chi connectivity index (χ3v) is 6.45. The van der Waals surface area contributed by atoms with Crippen LogP contribution in [0.1, 0.15) is 89.5 Å². The van der Waals surface area contributed by atoms with Crippen LogP contribution in [0.3, 0.4) is 0 Å². The number of hydrogen-bond donors (Lipinski definition) is 1. The van der Waals surface area contributed by atoms with Crippen LogP contribution >= 0.6 is 0 Å². The Balaban J connectivity index is 1.69. The van der Waals surface area contributed by atoms with E-state index >= 15 is 0 Å². The largest absolute Gasteiger partial charge is 0.457 e. The van der Waals surface area contributed by atoms with E-state index in [4.69, 9.17) is 4.74 Å². The van der Waals surface area contributed by atoms with Gasteiger partial charge in [0.15, 0.2) is 0 Å². The molecule has 0 aliphatic heterocycles. The average molecular weight is 447 g/mol. The topological polar surface area (TPSA) is 63.6 Å². The smallest absolute Gasteiger partial charge is 0.294 e. The molecule has 0 fully saturated rings. The predicted octanol–water partition coefficient (Wildman–Crippen LogP) is 7.97. The van der Waals surface area contributed by atoms with Gasteiger partial charge in [-0.2, -0.15) is 8.42 Å². The van der Waals surface area contributed by atoms with E-state index in [1.54, 1.807) is 12.1 Å². The Bertz CT molecular complexity index is 861. The van der Waals surface area contributed by atoms with Crippen molar-refractivity contribution >= 4 is 10.1 Å². The zero-order valence-electron chi connectivity index (χ0n) is 18.9. The van der Waals surface area contributed by atoms with Gasteiger partial charge in [0.25, 0.3) is 10.1 Å². The molecule has 4 nitrogen and oxygen atoms in total. The van der Waals surface area contributed by atoms with Crippen molar-refractivity contribution in [1.82, 2.24) is 0 Å². The Labute approximate surface area is 188 Å². The number of unbranched alkanes of at least 4 members (excludes halogenated alkanes) is 11. The van der Waals surface area contributed by atoms with E-state index in [-0.39, 0.29) is 4.90 Å². The lowest BCUT2D eigenvalue weighted by atomic mass is 10.0. The van der Waals surface area contributed by atoms with Crippen molar-refractivity contribution in [2.24, 2.45) is 0 Å². The molecule has 1 N–H and O–H groups in total. The summed E-state index contributed by atoms with van der Waals surface area (Å²) in [7, 11) is -4.24. The summed E-state index contributed by atoms with van der Waals surface area (Å²) in [4.78, 5) is -0.163. The molecule has 2 rings (SSSR count). The summed E-state index contributed by atoms with van der Waals surface area (Å²) in [6, 6.07) is 13.8. The molecular weight excluding hydrogens is 408 g/mol. The van der Waals surface area contributed by atoms with E-state index in [1.807, 2.05) is 18.2 Å². The summed E-state index contributed by atoms with van der Waals surface area (Å²) in [6.45, 7) is 2.26. The molecule has 0 aromatic heterocycles. The van der Waals surface area contributed by atoms with Crippen LogP contribution in [-0.2, 0) is 16.5 Å². The van der Waals surface area contributed by atoms with Crippen LogP contribution in [0.4, 0.5) is 0 Å². The fourth-order valence-corrected chi connectivity index (χ4v) is 4.31. The van der Waals surface area contributed by atoms with Crippen LogP contribution in [0.5, 0.6) is 11.5 Å². The summed E-state index contributed by atoms with van der Waals surface area (Å²) in [6.07, 6.45) is 16.8. The van der Waals surface area contributed by atoms with Crippen molar-refractivity contribution in [2.45, 2.75) is 95.3 Å². The average Bonchev–Trinajstić information content (AvgIpc) is 2.75. The Kier molecular flexibility index (Phi) is 11.7. The van der Waals surface area contributed by atoms with Crippen molar-refractivity contribution in [3.63, 3.8) is 0 Å². The molecule has 0 unspecified atom stereocenters. The zero-order chi connectivity index (χ0) is 22.4. The van der Waals surface area contributed by atoms with Gasteiger partial charge in [0.2, 0.25) is 0 Å². The molecule has 31 heavy (non-hydrogen) atoms. The van der Waals surface area contributed by atoms with Crippen LogP contribution in [0.15, 0.2) is 53.4 Å². The van der Waals surface area contributed by atoms with Gasteiger partial charge < -0.3 is 4.74 Å². The first kappa shape index (κ1) is 25.4. The molecule has 0 saturated heterocycles. The lowest BCUT2D eigenvalue weighted by Crippen LogP contribution is -1.98. The van der Waals surface area contributed by atoms with E-state index in [0.717, 1.165) is 24.2 Å². The van der Waals surface area contributed by atoms with Gasteiger partial charge in [0, 0.05) is 6.07 Å². The number of rotatable bonds is 16. The molecular formula is C26H38O4S. The number of benzene rings is 2. The van der Waals surface area contributed by atoms with Gasteiger partial charge in [-0.15, -0.1) is 0 Å². The fraction of sp³-hybridized carbons (Fsp3) is 0.538. The minimum Gasteiger partial charge on any atom is -0.457 e. The lowest BCUT2D eigenvalue weighted by molar-refractivity contribution is 0.466. The monoisotopic (exact) mass is 446 g/mol. The van der Waals surface area contributed by atoms with E-state index in [1.165, 1.54) is 82.8 Å². The van der Waals surface area contributed by atoms with E-state index in [0.29, 0.717) is 5.75 Å². The van der Waals surface area contributed by atoms with Crippen molar-refractivity contribution in [2.75, 3.05) is 0 Å². The maximum atomic E-state index is 11.3. The van der Waals surface area contributed by atoms with Crippen molar-refractivity contribution in [1.29, 1.82) is 0 Å². The predicted molar refractivity (Wildman–Crippen MR) is 128 cm³/mol. The first-order valence-corrected chi connectivity index (χ1v) is 13.3. The van der Waals surface area contributed by atoms with Crippen molar-refractivity contribution in [3.05, 3.63) is 54.1 Å². The molecule has 172 valence electrons. The molecule has 5 heteroatoms. The molecule has 2 aromatic rings. The highest BCUT2D eigenvalue weighted by Crippen LogP contribution is 2.28. The third-order valence-electron chi connectivity index (χ3n) is 5.60. The van der Waals surface area contributed by atoms with Crippen LogP contribution in [0, 0.1) is 0 Å². The molecule has 0 bridgehead atoms. The minimum atomic E-state index is -4.24.